The fourth-order valence-electron chi connectivity index (χ4n) is 1.93. The predicted molar refractivity (Wildman–Crippen MR) is 78.2 cm³/mol. The van der Waals surface area contributed by atoms with Crippen molar-refractivity contribution in [1.29, 1.82) is 0 Å². The van der Waals surface area contributed by atoms with Crippen LogP contribution in [-0.4, -0.2) is 16.8 Å². The number of para-hydroxylation sites is 2. The second-order valence-electron chi connectivity index (χ2n) is 4.45. The molecule has 2 aromatic carbocycles. The summed E-state index contributed by atoms with van der Waals surface area (Å²) in [7, 11) is 0. The monoisotopic (exact) mass is 282 g/mol. The normalized spacial score (nSPS) is 10.7. The molecule has 0 bridgehead atoms. The number of hydrogen-bond acceptors (Lipinski definition) is 5. The Bertz CT molecular complexity index is 734. The summed E-state index contributed by atoms with van der Waals surface area (Å²) in [6.45, 7) is 0.714. The summed E-state index contributed by atoms with van der Waals surface area (Å²) in [5.41, 5.74) is 2.11. The zero-order chi connectivity index (χ0) is 14.5. The van der Waals surface area contributed by atoms with Gasteiger partial charge in [-0.25, -0.2) is 4.98 Å². The summed E-state index contributed by atoms with van der Waals surface area (Å²) in [5, 5.41) is 18.4. The predicted octanol–water partition coefficient (Wildman–Crippen LogP) is 1.85. The van der Waals surface area contributed by atoms with Crippen LogP contribution in [0.1, 0.15) is 5.56 Å². The van der Waals surface area contributed by atoms with Gasteiger partial charge in [0.05, 0.1) is 11.7 Å². The summed E-state index contributed by atoms with van der Waals surface area (Å²) in [5.74, 6) is 0.247. The van der Waals surface area contributed by atoms with Crippen LogP contribution in [0.4, 0.5) is 5.95 Å². The largest absolute Gasteiger partial charge is 0.594 e. The van der Waals surface area contributed by atoms with Gasteiger partial charge < -0.3 is 15.3 Å². The van der Waals surface area contributed by atoms with Crippen LogP contribution >= 0.6 is 0 Å². The minimum Gasteiger partial charge on any atom is -0.594 e. The number of rotatable bonds is 5. The van der Waals surface area contributed by atoms with Crippen LogP contribution in [0.3, 0.4) is 0 Å². The van der Waals surface area contributed by atoms with E-state index in [9.17, 15) is 5.21 Å². The number of nitrogens with zero attached hydrogens (tertiary/aromatic N) is 3. The van der Waals surface area contributed by atoms with Gasteiger partial charge in [0.25, 0.3) is 11.5 Å². The number of anilines is 1. The van der Waals surface area contributed by atoms with Gasteiger partial charge >= 0.3 is 0 Å². The number of ether oxygens (including phenoxy) is 1. The third-order valence-corrected chi connectivity index (χ3v) is 2.94. The smallest absolute Gasteiger partial charge is 0.292 e. The molecule has 0 saturated carbocycles. The fourth-order valence-corrected chi connectivity index (χ4v) is 1.93. The van der Waals surface area contributed by atoms with Crippen LogP contribution < -0.4 is 10.2 Å². The zero-order valence-corrected chi connectivity index (χ0v) is 11.3. The molecule has 0 aliphatic rings. The number of nitrogens with one attached hydrogen (secondary N) is 1. The van der Waals surface area contributed by atoms with Crippen molar-refractivity contribution in [3.63, 3.8) is 0 Å². The van der Waals surface area contributed by atoms with Crippen molar-refractivity contribution in [1.82, 2.24) is 10.1 Å². The maximum atomic E-state index is 11.7. The molecule has 106 valence electrons. The highest BCUT2D eigenvalue weighted by Gasteiger charge is 2.09. The van der Waals surface area contributed by atoms with E-state index < -0.39 is 0 Å². The van der Waals surface area contributed by atoms with E-state index in [0.29, 0.717) is 22.5 Å². The highest BCUT2D eigenvalue weighted by atomic mass is 16.5. The zero-order valence-electron chi connectivity index (χ0n) is 11.3. The molecule has 3 aromatic rings. The number of hydrogen-bond donors (Lipinski definition) is 1. The summed E-state index contributed by atoms with van der Waals surface area (Å²) < 4.78 is 5.47. The lowest BCUT2D eigenvalue weighted by molar-refractivity contribution is -0.641. The standard InChI is InChI=1S/C15H14N4O2/c20-19-14-9-5-4-8-13(14)17-15(18-19)16-11-21-10-12-6-2-1-3-7-12/h1-9H,10-11H2,(H,16,17,18). The molecule has 1 aromatic heterocycles. The average molecular weight is 282 g/mol. The van der Waals surface area contributed by atoms with E-state index in [-0.39, 0.29) is 12.7 Å². The fraction of sp³-hybridized carbons (Fsp3) is 0.133. The lowest BCUT2D eigenvalue weighted by atomic mass is 10.2. The van der Waals surface area contributed by atoms with Gasteiger partial charge in [-0.05, 0) is 16.5 Å². The molecule has 0 saturated heterocycles. The molecule has 1 N–H and O–H groups in total. The third-order valence-electron chi connectivity index (χ3n) is 2.94. The first-order valence-corrected chi connectivity index (χ1v) is 6.55. The Morgan fingerprint density at radius 1 is 1.05 bits per heavy atom. The van der Waals surface area contributed by atoms with Gasteiger partial charge in [0.15, 0.2) is 0 Å². The molecule has 0 fully saturated rings. The van der Waals surface area contributed by atoms with Crippen LogP contribution in [0.15, 0.2) is 54.6 Å². The first-order valence-electron chi connectivity index (χ1n) is 6.55. The van der Waals surface area contributed by atoms with E-state index in [1.165, 1.54) is 0 Å². The van der Waals surface area contributed by atoms with E-state index in [2.05, 4.69) is 15.4 Å². The minimum absolute atomic E-state index is 0.229. The number of benzene rings is 2. The quantitative estimate of drug-likeness (QED) is 0.334. The Labute approximate surface area is 121 Å². The lowest BCUT2D eigenvalue weighted by Crippen LogP contribution is -2.33. The van der Waals surface area contributed by atoms with E-state index in [4.69, 9.17) is 4.74 Å². The molecule has 0 amide bonds. The molecule has 0 unspecified atom stereocenters. The van der Waals surface area contributed by atoms with E-state index in [1.807, 2.05) is 36.4 Å². The highest BCUT2D eigenvalue weighted by Crippen LogP contribution is 2.07. The van der Waals surface area contributed by atoms with Gasteiger partial charge in [0, 0.05) is 6.07 Å². The molecule has 1 heterocycles. The summed E-state index contributed by atoms with van der Waals surface area (Å²) >= 11 is 0. The average Bonchev–Trinajstić information content (AvgIpc) is 2.53. The van der Waals surface area contributed by atoms with E-state index in [0.717, 1.165) is 5.56 Å². The molecule has 0 atom stereocenters. The molecule has 0 radical (unpaired) electrons. The van der Waals surface area contributed by atoms with E-state index in [1.54, 1.807) is 18.2 Å². The summed E-state index contributed by atoms with van der Waals surface area (Å²) in [4.78, 5) is 4.81. The molecule has 0 aliphatic heterocycles. The maximum Gasteiger partial charge on any atom is 0.292 e. The van der Waals surface area contributed by atoms with Gasteiger partial charge in [-0.1, -0.05) is 42.5 Å². The van der Waals surface area contributed by atoms with E-state index >= 15 is 0 Å². The first-order chi connectivity index (χ1) is 10.3. The minimum atomic E-state index is 0.229. The maximum absolute atomic E-state index is 11.7. The van der Waals surface area contributed by atoms with Crippen LogP contribution in [-0.2, 0) is 11.3 Å². The molecule has 3 rings (SSSR count). The first kappa shape index (κ1) is 13.3. The molecule has 21 heavy (non-hydrogen) atoms. The molecule has 6 nitrogen and oxygen atoms in total. The van der Waals surface area contributed by atoms with Gasteiger partial charge in [0.1, 0.15) is 12.2 Å². The molecular weight excluding hydrogens is 268 g/mol. The second kappa shape index (κ2) is 6.15. The van der Waals surface area contributed by atoms with Crippen molar-refractivity contribution in [2.24, 2.45) is 0 Å². The Hall–Kier alpha value is -2.73. The van der Waals surface area contributed by atoms with Crippen LogP contribution in [0.25, 0.3) is 11.0 Å². The van der Waals surface area contributed by atoms with Crippen LogP contribution in [0, 0.1) is 5.21 Å². The Kier molecular flexibility index (Phi) is 3.88. The molecule has 0 spiro atoms. The molecule has 6 heteroatoms. The second-order valence-corrected chi connectivity index (χ2v) is 4.45. The molecule has 0 aliphatic carbocycles. The van der Waals surface area contributed by atoms with Crippen LogP contribution in [0.5, 0.6) is 0 Å². The third kappa shape index (κ3) is 3.24. The van der Waals surface area contributed by atoms with Crippen molar-refractivity contribution >= 4 is 17.0 Å². The lowest BCUT2D eigenvalue weighted by Gasteiger charge is -2.06. The summed E-state index contributed by atoms with van der Waals surface area (Å²) in [6.07, 6.45) is 0. The van der Waals surface area contributed by atoms with Gasteiger partial charge in [-0.15, -0.1) is 0 Å². The SMILES string of the molecule is [O-][n+]1nc(NCOCc2ccccc2)nc2ccccc21. The Morgan fingerprint density at radius 2 is 1.81 bits per heavy atom. The molecular formula is C15H14N4O2. The van der Waals surface area contributed by atoms with Crippen LogP contribution in [0.2, 0.25) is 0 Å². The Morgan fingerprint density at radius 3 is 2.67 bits per heavy atom. The van der Waals surface area contributed by atoms with Crippen molar-refractivity contribution in [3.05, 3.63) is 65.4 Å². The van der Waals surface area contributed by atoms with Crippen molar-refractivity contribution < 1.29 is 9.58 Å². The van der Waals surface area contributed by atoms with Crippen molar-refractivity contribution in [2.45, 2.75) is 6.61 Å². The van der Waals surface area contributed by atoms with Gasteiger partial charge in [-0.3, -0.25) is 0 Å². The van der Waals surface area contributed by atoms with Crippen molar-refractivity contribution in [2.75, 3.05) is 12.0 Å². The Balaban J connectivity index is 1.60. The number of fused-ring (bicyclic) bond motifs is 1. The number of aromatic nitrogens is 3. The highest BCUT2D eigenvalue weighted by molar-refractivity contribution is 5.71. The topological polar surface area (TPSA) is 74.0 Å². The van der Waals surface area contributed by atoms with Gasteiger partial charge in [-0.2, -0.15) is 0 Å². The van der Waals surface area contributed by atoms with Crippen molar-refractivity contribution in [3.8, 4) is 0 Å². The van der Waals surface area contributed by atoms with Gasteiger partial charge in [0.2, 0.25) is 0 Å². The summed E-state index contributed by atoms with van der Waals surface area (Å²) in [6, 6.07) is 16.9.